The van der Waals surface area contributed by atoms with E-state index in [1.165, 1.54) is 4.90 Å². The zero-order valence-corrected chi connectivity index (χ0v) is 21.3. The lowest BCUT2D eigenvalue weighted by Crippen LogP contribution is -2.17. The predicted molar refractivity (Wildman–Crippen MR) is 135 cm³/mol. The highest BCUT2D eigenvalue weighted by atomic mass is 32.2. The zero-order valence-electron chi connectivity index (χ0n) is 20.5. The Morgan fingerprint density at radius 1 is 0.935 bits per heavy atom. The molecule has 0 unspecified atom stereocenters. The average Bonchev–Trinajstić information content (AvgIpc) is 2.63. The molecule has 0 saturated heterocycles. The Labute approximate surface area is 193 Å². The molecular weight excluding hydrogens is 402 g/mol. The van der Waals surface area contributed by atoms with Crippen LogP contribution in [-0.4, -0.2) is 16.8 Å². The van der Waals surface area contributed by atoms with E-state index in [0.717, 1.165) is 46.5 Å². The van der Waals surface area contributed by atoms with Gasteiger partial charge in [0, 0.05) is 28.1 Å². The smallest absolute Gasteiger partial charge is 0.224 e. The van der Waals surface area contributed by atoms with Gasteiger partial charge in [0.05, 0.1) is 0 Å². The maximum Gasteiger partial charge on any atom is 0.224 e. The van der Waals surface area contributed by atoms with Crippen LogP contribution in [0, 0.1) is 13.8 Å². The molecule has 0 fully saturated rings. The molecule has 0 spiro atoms. The van der Waals surface area contributed by atoms with E-state index < -0.39 is 0 Å². The Kier molecular flexibility index (Phi) is 8.27. The molecule has 170 valence electrons. The normalized spacial score (nSPS) is 12.1. The van der Waals surface area contributed by atoms with Crippen LogP contribution in [0.15, 0.2) is 35.2 Å². The molecular formula is C27H39NO2S. The van der Waals surface area contributed by atoms with Crippen molar-refractivity contribution in [2.75, 3.05) is 11.1 Å². The molecule has 2 rings (SSSR count). The summed E-state index contributed by atoms with van der Waals surface area (Å²) in [5.74, 6) is 1.46. The Morgan fingerprint density at radius 2 is 1.45 bits per heavy atom. The minimum absolute atomic E-state index is 0.0806. The van der Waals surface area contributed by atoms with E-state index in [4.69, 9.17) is 0 Å². The van der Waals surface area contributed by atoms with Gasteiger partial charge in [-0.25, -0.2) is 0 Å². The van der Waals surface area contributed by atoms with E-state index in [0.29, 0.717) is 12.2 Å². The fourth-order valence-electron chi connectivity index (χ4n) is 3.63. The molecule has 0 aromatic heterocycles. The average molecular weight is 442 g/mol. The van der Waals surface area contributed by atoms with Crippen molar-refractivity contribution in [1.29, 1.82) is 0 Å². The van der Waals surface area contributed by atoms with Gasteiger partial charge in [-0.1, -0.05) is 59.7 Å². The SMILES string of the molecule is Cc1cccc(C)c1NC(=O)CCCCSc1cc(C(C)(C)C)c(O)c(C(C)(C)C)c1. The van der Waals surface area contributed by atoms with Gasteiger partial charge >= 0.3 is 0 Å². The van der Waals surface area contributed by atoms with E-state index in [9.17, 15) is 9.90 Å². The zero-order chi connectivity index (χ0) is 23.4. The minimum Gasteiger partial charge on any atom is -0.507 e. The van der Waals surface area contributed by atoms with Crippen molar-refractivity contribution in [3.05, 3.63) is 52.6 Å². The maximum absolute atomic E-state index is 12.4. The number of aryl methyl sites for hydroxylation is 2. The first-order valence-corrected chi connectivity index (χ1v) is 12.2. The molecule has 2 N–H and O–H groups in total. The molecule has 0 saturated carbocycles. The number of anilines is 1. The highest BCUT2D eigenvalue weighted by Crippen LogP contribution is 2.41. The van der Waals surface area contributed by atoms with Crippen LogP contribution in [0.5, 0.6) is 5.75 Å². The molecule has 2 aromatic carbocycles. The Bertz CT molecular complexity index is 865. The van der Waals surface area contributed by atoms with Gasteiger partial charge < -0.3 is 10.4 Å². The number of hydrogen-bond donors (Lipinski definition) is 2. The number of unbranched alkanes of at least 4 members (excludes halogenated alkanes) is 1. The van der Waals surface area contributed by atoms with Crippen molar-refractivity contribution in [3.8, 4) is 5.75 Å². The van der Waals surface area contributed by atoms with Crippen LogP contribution in [0.4, 0.5) is 5.69 Å². The van der Waals surface area contributed by atoms with Crippen LogP contribution in [0.2, 0.25) is 0 Å². The summed E-state index contributed by atoms with van der Waals surface area (Å²) in [6.45, 7) is 16.9. The highest BCUT2D eigenvalue weighted by Gasteiger charge is 2.26. The number of amides is 1. The van der Waals surface area contributed by atoms with E-state index in [1.807, 2.05) is 43.8 Å². The molecule has 0 radical (unpaired) electrons. The first-order chi connectivity index (χ1) is 14.3. The number of para-hydroxylation sites is 1. The number of benzene rings is 2. The fourth-order valence-corrected chi connectivity index (χ4v) is 4.61. The van der Waals surface area contributed by atoms with Crippen molar-refractivity contribution in [3.63, 3.8) is 0 Å². The number of carbonyl (C=O) groups excluding carboxylic acids is 1. The highest BCUT2D eigenvalue weighted by molar-refractivity contribution is 7.99. The Balaban J connectivity index is 1.94. The maximum atomic E-state index is 12.4. The van der Waals surface area contributed by atoms with Crippen LogP contribution in [0.25, 0.3) is 0 Å². The van der Waals surface area contributed by atoms with Gasteiger partial charge in [-0.05, 0) is 66.5 Å². The number of thioether (sulfide) groups is 1. The van der Waals surface area contributed by atoms with E-state index in [-0.39, 0.29) is 16.7 Å². The molecule has 4 heteroatoms. The second-order valence-corrected chi connectivity index (χ2v) is 11.7. The monoisotopic (exact) mass is 441 g/mol. The first-order valence-electron chi connectivity index (χ1n) is 11.2. The lowest BCUT2D eigenvalue weighted by Gasteiger charge is -2.28. The number of phenolic OH excluding ortho intramolecular Hbond substituents is 1. The van der Waals surface area contributed by atoms with Crippen molar-refractivity contribution in [1.82, 2.24) is 0 Å². The van der Waals surface area contributed by atoms with Gasteiger partial charge in [-0.3, -0.25) is 4.79 Å². The van der Waals surface area contributed by atoms with Gasteiger partial charge in [0.15, 0.2) is 0 Å². The third-order valence-corrected chi connectivity index (χ3v) is 6.57. The second-order valence-electron chi connectivity index (χ2n) is 10.5. The standard InChI is InChI=1S/C27H39NO2S/c1-18-12-11-13-19(2)24(18)28-23(29)14-9-10-15-31-20-16-21(26(3,4)5)25(30)22(17-20)27(6,7)8/h11-13,16-17,30H,9-10,14-15H2,1-8H3,(H,28,29). The molecule has 1 amide bonds. The molecule has 2 aromatic rings. The summed E-state index contributed by atoms with van der Waals surface area (Å²) in [5.41, 5.74) is 4.89. The number of hydrogen-bond acceptors (Lipinski definition) is 3. The van der Waals surface area contributed by atoms with Gasteiger partial charge in [0.1, 0.15) is 5.75 Å². The first kappa shape index (κ1) is 25.3. The topological polar surface area (TPSA) is 49.3 Å². The molecule has 3 nitrogen and oxygen atoms in total. The van der Waals surface area contributed by atoms with Crippen LogP contribution in [0.3, 0.4) is 0 Å². The second kappa shape index (κ2) is 10.1. The summed E-state index contributed by atoms with van der Waals surface area (Å²) in [6, 6.07) is 10.3. The number of aromatic hydroxyl groups is 1. The number of carbonyl (C=O) groups is 1. The summed E-state index contributed by atoms with van der Waals surface area (Å²) in [6.07, 6.45) is 2.37. The summed E-state index contributed by atoms with van der Waals surface area (Å²) in [4.78, 5) is 13.5. The summed E-state index contributed by atoms with van der Waals surface area (Å²) in [7, 11) is 0. The molecule has 0 aliphatic rings. The van der Waals surface area contributed by atoms with Crippen LogP contribution in [-0.2, 0) is 15.6 Å². The Morgan fingerprint density at radius 3 is 1.94 bits per heavy atom. The molecule has 0 heterocycles. The minimum atomic E-state index is -0.119. The lowest BCUT2D eigenvalue weighted by atomic mass is 9.79. The molecule has 0 aliphatic heterocycles. The third kappa shape index (κ3) is 7.03. The number of rotatable bonds is 7. The molecule has 31 heavy (non-hydrogen) atoms. The number of nitrogens with one attached hydrogen (secondary N) is 1. The van der Waals surface area contributed by atoms with Crippen LogP contribution in [0.1, 0.15) is 83.1 Å². The summed E-state index contributed by atoms with van der Waals surface area (Å²) < 4.78 is 0. The van der Waals surface area contributed by atoms with E-state index in [2.05, 4.69) is 59.0 Å². The van der Waals surface area contributed by atoms with Gasteiger partial charge in [-0.15, -0.1) is 11.8 Å². The largest absolute Gasteiger partial charge is 0.507 e. The van der Waals surface area contributed by atoms with Crippen molar-refractivity contribution in [2.24, 2.45) is 0 Å². The van der Waals surface area contributed by atoms with Crippen molar-refractivity contribution < 1.29 is 9.90 Å². The Hall–Kier alpha value is -1.94. The predicted octanol–water partition coefficient (Wildman–Crippen LogP) is 7.51. The fraction of sp³-hybridized carbons (Fsp3) is 0.519. The van der Waals surface area contributed by atoms with Gasteiger partial charge in [0.2, 0.25) is 5.91 Å². The number of phenols is 1. The summed E-state index contributed by atoms with van der Waals surface area (Å²) >= 11 is 1.81. The van der Waals surface area contributed by atoms with E-state index in [1.54, 1.807) is 0 Å². The van der Waals surface area contributed by atoms with Crippen LogP contribution >= 0.6 is 11.8 Å². The van der Waals surface area contributed by atoms with Crippen molar-refractivity contribution in [2.45, 2.75) is 90.4 Å². The quantitative estimate of drug-likeness (QED) is 0.345. The molecule has 0 atom stereocenters. The van der Waals surface area contributed by atoms with Crippen LogP contribution < -0.4 is 5.32 Å². The summed E-state index contributed by atoms with van der Waals surface area (Å²) in [5, 5.41) is 13.9. The molecule has 0 bridgehead atoms. The lowest BCUT2D eigenvalue weighted by molar-refractivity contribution is -0.116. The third-order valence-electron chi connectivity index (χ3n) is 5.51. The molecule has 0 aliphatic carbocycles. The van der Waals surface area contributed by atoms with Crippen molar-refractivity contribution >= 4 is 23.4 Å². The van der Waals surface area contributed by atoms with Gasteiger partial charge in [0.25, 0.3) is 0 Å². The van der Waals surface area contributed by atoms with E-state index >= 15 is 0 Å². The van der Waals surface area contributed by atoms with Gasteiger partial charge in [-0.2, -0.15) is 0 Å².